The molecule has 0 fully saturated rings. The molecule has 25 heavy (non-hydrogen) atoms. The Morgan fingerprint density at radius 1 is 1.08 bits per heavy atom. The molecule has 0 saturated carbocycles. The van der Waals surface area contributed by atoms with Gasteiger partial charge >= 0.3 is 0 Å². The average molecular weight is 362 g/mol. The molecule has 0 spiro atoms. The maximum absolute atomic E-state index is 12.0. The molecule has 2 aromatic carbocycles. The van der Waals surface area contributed by atoms with Crippen LogP contribution >= 0.6 is 0 Å². The zero-order valence-electron chi connectivity index (χ0n) is 13.7. The third-order valence-corrected chi connectivity index (χ3v) is 4.14. The third-order valence-electron chi connectivity index (χ3n) is 3.23. The second-order valence-electron chi connectivity index (χ2n) is 5.04. The van der Waals surface area contributed by atoms with Crippen molar-refractivity contribution in [3.05, 3.63) is 54.1 Å². The van der Waals surface area contributed by atoms with E-state index in [9.17, 15) is 13.2 Å². The van der Waals surface area contributed by atoms with Gasteiger partial charge in [-0.2, -0.15) is 0 Å². The van der Waals surface area contributed by atoms with Gasteiger partial charge in [-0.25, -0.2) is 13.6 Å². The Hall–Kier alpha value is -2.84. The zero-order chi connectivity index (χ0) is 18.4. The number of nitrogens with one attached hydrogen (secondary N) is 1. The summed E-state index contributed by atoms with van der Waals surface area (Å²) >= 11 is 0. The van der Waals surface area contributed by atoms with Crippen molar-refractivity contribution in [3.63, 3.8) is 0 Å². The molecule has 7 nitrogen and oxygen atoms in total. The minimum atomic E-state index is -3.83. The summed E-state index contributed by atoms with van der Waals surface area (Å²) in [5, 5.41) is 7.64. The van der Waals surface area contributed by atoms with E-state index in [-0.39, 0.29) is 4.90 Å². The van der Waals surface area contributed by atoms with E-state index in [2.05, 4.69) is 5.32 Å². The Morgan fingerprint density at radius 2 is 1.72 bits per heavy atom. The standard InChI is InChI=1S/C17H18N2O5S/c1-23-14-8-12(9-15(11-14)24-2)6-7-17(20)19-13-4-3-5-16(10-13)25(18,21)22/h3-11H,1-2H3,(H,19,20)(H2,18,21,22)/b7-6+. The number of sulfonamides is 1. The first-order valence-corrected chi connectivity index (χ1v) is 8.71. The number of amides is 1. The van der Waals surface area contributed by atoms with Gasteiger partial charge in [0.25, 0.3) is 0 Å². The molecule has 0 saturated heterocycles. The maximum atomic E-state index is 12.0. The lowest BCUT2D eigenvalue weighted by molar-refractivity contribution is -0.111. The van der Waals surface area contributed by atoms with Crippen LogP contribution in [-0.4, -0.2) is 28.5 Å². The first kappa shape index (κ1) is 18.5. The minimum absolute atomic E-state index is 0.0770. The Kier molecular flexibility index (Phi) is 5.79. The van der Waals surface area contributed by atoms with Crippen LogP contribution in [-0.2, 0) is 14.8 Å². The van der Waals surface area contributed by atoms with Gasteiger partial charge in [0.1, 0.15) is 11.5 Å². The van der Waals surface area contributed by atoms with Gasteiger partial charge in [0, 0.05) is 17.8 Å². The Morgan fingerprint density at radius 3 is 2.28 bits per heavy atom. The van der Waals surface area contributed by atoms with E-state index in [1.54, 1.807) is 30.3 Å². The molecule has 0 bridgehead atoms. The predicted octanol–water partition coefficient (Wildman–Crippen LogP) is 2.00. The molecule has 0 radical (unpaired) electrons. The van der Waals surface area contributed by atoms with Crippen LogP contribution in [0.4, 0.5) is 5.69 Å². The SMILES string of the molecule is COc1cc(/C=C/C(=O)Nc2cccc(S(N)(=O)=O)c2)cc(OC)c1. The van der Waals surface area contributed by atoms with Crippen molar-refractivity contribution in [1.82, 2.24) is 0 Å². The second-order valence-corrected chi connectivity index (χ2v) is 6.60. The normalized spacial score (nSPS) is 11.3. The van der Waals surface area contributed by atoms with E-state index in [4.69, 9.17) is 14.6 Å². The summed E-state index contributed by atoms with van der Waals surface area (Å²) in [6.07, 6.45) is 2.90. The van der Waals surface area contributed by atoms with Crippen molar-refractivity contribution in [2.24, 2.45) is 5.14 Å². The van der Waals surface area contributed by atoms with Crippen LogP contribution < -0.4 is 19.9 Å². The molecule has 0 aliphatic heterocycles. The molecule has 0 unspecified atom stereocenters. The van der Waals surface area contributed by atoms with Crippen molar-refractivity contribution < 1.29 is 22.7 Å². The van der Waals surface area contributed by atoms with Crippen LogP contribution in [0.3, 0.4) is 0 Å². The van der Waals surface area contributed by atoms with Crippen LogP contribution in [0.1, 0.15) is 5.56 Å². The fourth-order valence-electron chi connectivity index (χ4n) is 2.03. The van der Waals surface area contributed by atoms with Crippen molar-refractivity contribution in [2.75, 3.05) is 19.5 Å². The summed E-state index contributed by atoms with van der Waals surface area (Å²) in [7, 11) is -0.759. The molecular formula is C17H18N2O5S. The number of primary sulfonamides is 1. The van der Waals surface area contributed by atoms with Crippen LogP contribution in [0.25, 0.3) is 6.08 Å². The fourth-order valence-corrected chi connectivity index (χ4v) is 2.59. The Bertz CT molecular complexity index is 885. The van der Waals surface area contributed by atoms with Crippen molar-refractivity contribution in [1.29, 1.82) is 0 Å². The predicted molar refractivity (Wildman–Crippen MR) is 95.0 cm³/mol. The van der Waals surface area contributed by atoms with Gasteiger partial charge in [-0.1, -0.05) is 6.07 Å². The summed E-state index contributed by atoms with van der Waals surface area (Å²) < 4.78 is 33.0. The number of benzene rings is 2. The quantitative estimate of drug-likeness (QED) is 0.764. The van der Waals surface area contributed by atoms with Crippen LogP contribution in [0.5, 0.6) is 11.5 Å². The smallest absolute Gasteiger partial charge is 0.248 e. The monoisotopic (exact) mass is 362 g/mol. The summed E-state index contributed by atoms with van der Waals surface area (Å²) in [6.45, 7) is 0. The first-order valence-electron chi connectivity index (χ1n) is 7.17. The van der Waals surface area contributed by atoms with E-state index >= 15 is 0 Å². The number of hydrogen-bond acceptors (Lipinski definition) is 5. The summed E-state index contributed by atoms with van der Waals surface area (Å²) in [6, 6.07) is 10.9. The van der Waals surface area contributed by atoms with Crippen LogP contribution in [0.2, 0.25) is 0 Å². The van der Waals surface area contributed by atoms with Crippen molar-refractivity contribution in [3.8, 4) is 11.5 Å². The van der Waals surface area contributed by atoms with E-state index in [0.717, 1.165) is 0 Å². The van der Waals surface area contributed by atoms with Gasteiger partial charge in [0.2, 0.25) is 15.9 Å². The molecule has 3 N–H and O–H groups in total. The molecule has 0 heterocycles. The number of nitrogens with two attached hydrogens (primary N) is 1. The topological polar surface area (TPSA) is 108 Å². The number of ether oxygens (including phenoxy) is 2. The average Bonchev–Trinajstić information content (AvgIpc) is 2.59. The number of carbonyl (C=O) groups excluding carboxylic acids is 1. The van der Waals surface area contributed by atoms with Crippen LogP contribution in [0.15, 0.2) is 53.4 Å². The fraction of sp³-hybridized carbons (Fsp3) is 0.118. The number of hydrogen-bond donors (Lipinski definition) is 2. The number of methoxy groups -OCH3 is 2. The number of anilines is 1. The lowest BCUT2D eigenvalue weighted by Gasteiger charge is -2.06. The summed E-state index contributed by atoms with van der Waals surface area (Å²) in [4.78, 5) is 11.9. The third kappa shape index (κ3) is 5.33. The van der Waals surface area contributed by atoms with Gasteiger partial charge in [-0.05, 0) is 42.0 Å². The van der Waals surface area contributed by atoms with Crippen molar-refractivity contribution >= 4 is 27.7 Å². The van der Waals surface area contributed by atoms with Gasteiger partial charge in [0.15, 0.2) is 0 Å². The van der Waals surface area contributed by atoms with Gasteiger partial charge < -0.3 is 14.8 Å². The molecule has 2 aromatic rings. The highest BCUT2D eigenvalue weighted by Gasteiger charge is 2.08. The molecular weight excluding hydrogens is 344 g/mol. The molecule has 0 aromatic heterocycles. The second kappa shape index (κ2) is 7.82. The molecule has 0 aliphatic carbocycles. The maximum Gasteiger partial charge on any atom is 0.248 e. The van der Waals surface area contributed by atoms with E-state index in [1.807, 2.05) is 0 Å². The Balaban J connectivity index is 2.14. The largest absolute Gasteiger partial charge is 0.497 e. The van der Waals surface area contributed by atoms with Crippen molar-refractivity contribution in [2.45, 2.75) is 4.90 Å². The van der Waals surface area contributed by atoms with E-state index in [1.165, 1.54) is 38.5 Å². The molecule has 132 valence electrons. The zero-order valence-corrected chi connectivity index (χ0v) is 14.5. The lowest BCUT2D eigenvalue weighted by atomic mass is 10.2. The van der Waals surface area contributed by atoms with Gasteiger partial charge in [-0.15, -0.1) is 0 Å². The Labute approximate surface area is 146 Å². The lowest BCUT2D eigenvalue weighted by Crippen LogP contribution is -2.13. The number of rotatable bonds is 6. The van der Waals surface area contributed by atoms with Gasteiger partial charge in [-0.3, -0.25) is 4.79 Å². The van der Waals surface area contributed by atoms with Crippen LogP contribution in [0, 0.1) is 0 Å². The minimum Gasteiger partial charge on any atom is -0.497 e. The molecule has 2 rings (SSSR count). The highest BCUT2D eigenvalue weighted by Crippen LogP contribution is 2.23. The number of carbonyl (C=O) groups is 1. The molecule has 0 aliphatic rings. The van der Waals surface area contributed by atoms with E-state index in [0.29, 0.717) is 22.7 Å². The highest BCUT2D eigenvalue weighted by molar-refractivity contribution is 7.89. The van der Waals surface area contributed by atoms with Gasteiger partial charge in [0.05, 0.1) is 19.1 Å². The highest BCUT2D eigenvalue weighted by atomic mass is 32.2. The first-order chi connectivity index (χ1) is 11.8. The summed E-state index contributed by atoms with van der Waals surface area (Å²) in [5.41, 5.74) is 1.04. The summed E-state index contributed by atoms with van der Waals surface area (Å²) in [5.74, 6) is 0.772. The molecule has 0 atom stereocenters. The molecule has 1 amide bonds. The molecule has 8 heteroatoms. The van der Waals surface area contributed by atoms with E-state index < -0.39 is 15.9 Å².